The van der Waals surface area contributed by atoms with Gasteiger partial charge in [0.15, 0.2) is 0 Å². The molecule has 1 amide bonds. The third kappa shape index (κ3) is 3.99. The molecule has 5 heteroatoms. The zero-order chi connectivity index (χ0) is 15.2. The molecule has 120 valence electrons. The number of hydrogen-bond donors (Lipinski definition) is 2. The number of amides is 1. The molecular formula is C17H25N3O2. The van der Waals surface area contributed by atoms with Gasteiger partial charge in [-0.1, -0.05) is 12.1 Å². The van der Waals surface area contributed by atoms with Gasteiger partial charge in [0.2, 0.25) is 5.91 Å². The van der Waals surface area contributed by atoms with Gasteiger partial charge < -0.3 is 20.3 Å². The first-order valence-corrected chi connectivity index (χ1v) is 8.26. The van der Waals surface area contributed by atoms with Crippen LogP contribution in [-0.4, -0.2) is 44.8 Å². The Morgan fingerprint density at radius 3 is 2.73 bits per heavy atom. The molecule has 1 aromatic rings. The molecule has 3 rings (SSSR count). The first-order chi connectivity index (χ1) is 10.8. The van der Waals surface area contributed by atoms with E-state index in [0.717, 1.165) is 58.7 Å². The number of morpholine rings is 1. The van der Waals surface area contributed by atoms with E-state index in [1.807, 2.05) is 0 Å². The zero-order valence-electron chi connectivity index (χ0n) is 13.0. The van der Waals surface area contributed by atoms with Gasteiger partial charge in [0.25, 0.3) is 0 Å². The van der Waals surface area contributed by atoms with Crippen LogP contribution in [0.4, 0.5) is 5.69 Å². The van der Waals surface area contributed by atoms with Crippen molar-refractivity contribution < 1.29 is 9.53 Å². The van der Waals surface area contributed by atoms with Gasteiger partial charge in [0.1, 0.15) is 0 Å². The van der Waals surface area contributed by atoms with Gasteiger partial charge in [-0.2, -0.15) is 0 Å². The fraction of sp³-hybridized carbons (Fsp3) is 0.588. The van der Waals surface area contributed by atoms with Crippen molar-refractivity contribution in [3.8, 4) is 0 Å². The first kappa shape index (κ1) is 15.3. The summed E-state index contributed by atoms with van der Waals surface area (Å²) in [5, 5.41) is 6.34. The highest BCUT2D eigenvalue weighted by Gasteiger charge is 2.19. The molecule has 2 N–H and O–H groups in total. The molecule has 2 aliphatic heterocycles. The number of anilines is 1. The van der Waals surface area contributed by atoms with E-state index in [-0.39, 0.29) is 11.9 Å². The minimum atomic E-state index is -0.0542. The van der Waals surface area contributed by atoms with Crippen LogP contribution in [-0.2, 0) is 16.1 Å². The average Bonchev–Trinajstić information content (AvgIpc) is 2.78. The maximum atomic E-state index is 11.9. The molecule has 0 bridgehead atoms. The summed E-state index contributed by atoms with van der Waals surface area (Å²) in [5.74, 6) is 0.141. The van der Waals surface area contributed by atoms with Crippen molar-refractivity contribution in [2.45, 2.75) is 31.8 Å². The second-order valence-corrected chi connectivity index (χ2v) is 5.99. The number of ether oxygens (including phenoxy) is 1. The van der Waals surface area contributed by atoms with Crippen LogP contribution >= 0.6 is 0 Å². The molecule has 1 atom stereocenters. The molecule has 1 aromatic carbocycles. The predicted octanol–water partition coefficient (Wildman–Crippen LogP) is 1.28. The number of carbonyl (C=O) groups excluding carboxylic acids is 1. The van der Waals surface area contributed by atoms with E-state index >= 15 is 0 Å². The maximum absolute atomic E-state index is 11.9. The van der Waals surface area contributed by atoms with Gasteiger partial charge in [-0.25, -0.2) is 0 Å². The molecule has 2 fully saturated rings. The van der Waals surface area contributed by atoms with Crippen LogP contribution in [0.15, 0.2) is 24.3 Å². The molecule has 2 heterocycles. The van der Waals surface area contributed by atoms with Crippen molar-refractivity contribution >= 4 is 11.6 Å². The predicted molar refractivity (Wildman–Crippen MR) is 87.0 cm³/mol. The van der Waals surface area contributed by atoms with Crippen LogP contribution < -0.4 is 15.5 Å². The molecule has 22 heavy (non-hydrogen) atoms. The molecular weight excluding hydrogens is 278 g/mol. The van der Waals surface area contributed by atoms with E-state index in [1.54, 1.807) is 0 Å². The fourth-order valence-corrected chi connectivity index (χ4v) is 3.02. The smallest absolute Gasteiger partial charge is 0.237 e. The monoisotopic (exact) mass is 303 g/mol. The van der Waals surface area contributed by atoms with Crippen molar-refractivity contribution in [3.63, 3.8) is 0 Å². The fourth-order valence-electron chi connectivity index (χ4n) is 3.02. The van der Waals surface area contributed by atoms with Gasteiger partial charge >= 0.3 is 0 Å². The largest absolute Gasteiger partial charge is 0.378 e. The van der Waals surface area contributed by atoms with E-state index in [9.17, 15) is 4.79 Å². The Kier molecular flexibility index (Phi) is 5.29. The summed E-state index contributed by atoms with van der Waals surface area (Å²) in [7, 11) is 0. The van der Waals surface area contributed by atoms with Crippen molar-refractivity contribution in [1.82, 2.24) is 10.6 Å². The van der Waals surface area contributed by atoms with Crippen molar-refractivity contribution in [1.29, 1.82) is 0 Å². The third-order valence-corrected chi connectivity index (χ3v) is 4.40. The van der Waals surface area contributed by atoms with Crippen molar-refractivity contribution in [2.75, 3.05) is 37.7 Å². The SMILES string of the molecule is O=C1NCCCC[C@@H]1NCc1ccc(N2CCOCC2)cc1. The molecule has 2 aliphatic rings. The summed E-state index contributed by atoms with van der Waals surface area (Å²) in [5.41, 5.74) is 2.47. The van der Waals surface area contributed by atoms with Crippen LogP contribution in [0.1, 0.15) is 24.8 Å². The summed E-state index contributed by atoms with van der Waals surface area (Å²) in [4.78, 5) is 14.3. The lowest BCUT2D eigenvalue weighted by Gasteiger charge is -2.29. The Labute approximate surface area is 132 Å². The minimum Gasteiger partial charge on any atom is -0.378 e. The molecule has 0 unspecified atom stereocenters. The van der Waals surface area contributed by atoms with Crippen LogP contribution in [0.2, 0.25) is 0 Å². The Balaban J connectivity index is 1.53. The molecule has 0 aliphatic carbocycles. The van der Waals surface area contributed by atoms with Crippen LogP contribution in [0.3, 0.4) is 0 Å². The van der Waals surface area contributed by atoms with E-state index in [4.69, 9.17) is 4.74 Å². The lowest BCUT2D eigenvalue weighted by atomic mass is 10.1. The highest BCUT2D eigenvalue weighted by Crippen LogP contribution is 2.17. The third-order valence-electron chi connectivity index (χ3n) is 4.40. The van der Waals surface area contributed by atoms with Crippen LogP contribution in [0.25, 0.3) is 0 Å². The average molecular weight is 303 g/mol. The van der Waals surface area contributed by atoms with E-state index in [2.05, 4.69) is 39.8 Å². The van der Waals surface area contributed by atoms with Gasteiger partial charge in [-0.05, 0) is 37.0 Å². The quantitative estimate of drug-likeness (QED) is 0.880. The number of rotatable bonds is 4. The Morgan fingerprint density at radius 1 is 1.18 bits per heavy atom. The molecule has 0 aromatic heterocycles. The lowest BCUT2D eigenvalue weighted by molar-refractivity contribution is -0.122. The van der Waals surface area contributed by atoms with Crippen molar-refractivity contribution in [3.05, 3.63) is 29.8 Å². The number of nitrogens with one attached hydrogen (secondary N) is 2. The second kappa shape index (κ2) is 7.61. The lowest BCUT2D eigenvalue weighted by Crippen LogP contribution is -2.42. The Hall–Kier alpha value is -1.59. The summed E-state index contributed by atoms with van der Waals surface area (Å²) >= 11 is 0. The highest BCUT2D eigenvalue weighted by atomic mass is 16.5. The molecule has 0 saturated carbocycles. The number of benzene rings is 1. The number of hydrogen-bond acceptors (Lipinski definition) is 4. The van der Waals surface area contributed by atoms with Gasteiger partial charge in [0, 0.05) is 31.9 Å². The summed E-state index contributed by atoms with van der Waals surface area (Å²) in [6.45, 7) is 5.08. The topological polar surface area (TPSA) is 53.6 Å². The molecule has 0 radical (unpaired) electrons. The van der Waals surface area contributed by atoms with E-state index < -0.39 is 0 Å². The number of carbonyl (C=O) groups is 1. The summed E-state index contributed by atoms with van der Waals surface area (Å²) in [6, 6.07) is 8.56. The molecule has 0 spiro atoms. The first-order valence-electron chi connectivity index (χ1n) is 8.26. The van der Waals surface area contributed by atoms with Crippen LogP contribution in [0.5, 0.6) is 0 Å². The minimum absolute atomic E-state index is 0.0542. The van der Waals surface area contributed by atoms with Crippen LogP contribution in [0, 0.1) is 0 Å². The second-order valence-electron chi connectivity index (χ2n) is 5.99. The van der Waals surface area contributed by atoms with E-state index in [0.29, 0.717) is 0 Å². The van der Waals surface area contributed by atoms with Gasteiger partial charge in [-0.3, -0.25) is 4.79 Å². The zero-order valence-corrected chi connectivity index (χ0v) is 13.0. The Bertz CT molecular complexity index is 483. The van der Waals surface area contributed by atoms with Gasteiger partial charge in [0.05, 0.1) is 19.3 Å². The van der Waals surface area contributed by atoms with E-state index in [1.165, 1.54) is 11.3 Å². The number of nitrogens with zero attached hydrogens (tertiary/aromatic N) is 1. The van der Waals surface area contributed by atoms with Gasteiger partial charge in [-0.15, -0.1) is 0 Å². The summed E-state index contributed by atoms with van der Waals surface area (Å²) in [6.07, 6.45) is 3.11. The maximum Gasteiger partial charge on any atom is 0.237 e. The molecule has 5 nitrogen and oxygen atoms in total. The standard InChI is InChI=1S/C17H25N3O2/c21-17-16(3-1-2-8-18-17)19-13-14-4-6-15(7-5-14)20-9-11-22-12-10-20/h4-7,16,19H,1-3,8-13H2,(H,18,21)/t16-/m0/s1. The molecule has 2 saturated heterocycles. The highest BCUT2D eigenvalue weighted by molar-refractivity contribution is 5.81. The Morgan fingerprint density at radius 2 is 1.95 bits per heavy atom. The van der Waals surface area contributed by atoms with Crippen molar-refractivity contribution in [2.24, 2.45) is 0 Å². The summed E-state index contributed by atoms with van der Waals surface area (Å²) < 4.78 is 5.38. The normalized spacial score (nSPS) is 23.0.